The minimum Gasteiger partial charge on any atom is -0.271 e. The van der Waals surface area contributed by atoms with Gasteiger partial charge in [-0.05, 0) is 59.0 Å². The van der Waals surface area contributed by atoms with E-state index in [0.717, 1.165) is 18.3 Å². The first kappa shape index (κ1) is 15.4. The number of benzene rings is 1. The Bertz CT molecular complexity index is 494. The van der Waals surface area contributed by atoms with Crippen molar-refractivity contribution in [3.8, 4) is 0 Å². The number of fused-ring (bicyclic) bond motifs is 1. The number of hydrogen-bond acceptors (Lipinski definition) is 2. The summed E-state index contributed by atoms with van der Waals surface area (Å²) < 4.78 is 14.9. The Kier molecular flexibility index (Phi) is 4.97. The summed E-state index contributed by atoms with van der Waals surface area (Å²) in [5.41, 5.74) is 3.59. The molecule has 2 saturated carbocycles. The predicted octanol–water partition coefficient (Wildman–Crippen LogP) is 4.70. The summed E-state index contributed by atoms with van der Waals surface area (Å²) in [5.74, 6) is 7.78. The van der Waals surface area contributed by atoms with E-state index in [1.54, 1.807) is 6.07 Å². The number of hydrogen-bond donors (Lipinski definition) is 2. The van der Waals surface area contributed by atoms with E-state index in [0.29, 0.717) is 16.0 Å². The molecule has 0 spiro atoms. The summed E-state index contributed by atoms with van der Waals surface area (Å²) in [5, 5.41) is 0. The number of halogens is 2. The zero-order valence-electron chi connectivity index (χ0n) is 12.3. The molecule has 2 fully saturated rings. The van der Waals surface area contributed by atoms with E-state index < -0.39 is 0 Å². The SMILES string of the molecule is NNC(c1cccc(Br)c1F)C1CCC2CCCCC2C1. The van der Waals surface area contributed by atoms with Crippen LogP contribution < -0.4 is 11.3 Å². The van der Waals surface area contributed by atoms with Crippen molar-refractivity contribution in [2.24, 2.45) is 23.6 Å². The third-order valence-electron chi connectivity index (χ3n) is 5.55. The molecular formula is C17H24BrFN2. The lowest BCUT2D eigenvalue weighted by molar-refractivity contribution is 0.108. The maximum absolute atomic E-state index is 14.4. The molecule has 4 heteroatoms. The fourth-order valence-corrected chi connectivity index (χ4v) is 4.83. The van der Waals surface area contributed by atoms with Crippen LogP contribution in [0.3, 0.4) is 0 Å². The topological polar surface area (TPSA) is 38.0 Å². The molecule has 0 aromatic heterocycles. The van der Waals surface area contributed by atoms with Gasteiger partial charge in [0.1, 0.15) is 5.82 Å². The maximum atomic E-state index is 14.4. The molecule has 1 aromatic carbocycles. The third-order valence-corrected chi connectivity index (χ3v) is 6.16. The average molecular weight is 355 g/mol. The molecule has 116 valence electrons. The van der Waals surface area contributed by atoms with Crippen LogP contribution in [0, 0.1) is 23.6 Å². The van der Waals surface area contributed by atoms with E-state index in [1.807, 2.05) is 12.1 Å². The predicted molar refractivity (Wildman–Crippen MR) is 87.0 cm³/mol. The van der Waals surface area contributed by atoms with Crippen LogP contribution in [0.2, 0.25) is 0 Å². The van der Waals surface area contributed by atoms with Crippen molar-refractivity contribution in [1.29, 1.82) is 0 Å². The van der Waals surface area contributed by atoms with Gasteiger partial charge >= 0.3 is 0 Å². The Morgan fingerprint density at radius 1 is 1.14 bits per heavy atom. The highest BCUT2D eigenvalue weighted by atomic mass is 79.9. The molecule has 4 atom stereocenters. The zero-order chi connectivity index (χ0) is 14.8. The summed E-state index contributed by atoms with van der Waals surface area (Å²) in [4.78, 5) is 0. The summed E-state index contributed by atoms with van der Waals surface area (Å²) >= 11 is 3.28. The smallest absolute Gasteiger partial charge is 0.142 e. The van der Waals surface area contributed by atoms with Crippen LogP contribution in [0.1, 0.15) is 56.6 Å². The number of nitrogens with one attached hydrogen (secondary N) is 1. The lowest BCUT2D eigenvalue weighted by atomic mass is 9.65. The lowest BCUT2D eigenvalue weighted by Crippen LogP contribution is -2.38. The maximum Gasteiger partial charge on any atom is 0.142 e. The Labute approximate surface area is 134 Å². The third kappa shape index (κ3) is 3.17. The Morgan fingerprint density at radius 2 is 1.90 bits per heavy atom. The molecule has 2 aliphatic rings. The fraction of sp³-hybridized carbons (Fsp3) is 0.647. The van der Waals surface area contributed by atoms with Gasteiger partial charge in [-0.25, -0.2) is 4.39 Å². The highest BCUT2D eigenvalue weighted by molar-refractivity contribution is 9.10. The Hall–Kier alpha value is -0.450. The number of nitrogens with two attached hydrogens (primary N) is 1. The second-order valence-electron chi connectivity index (χ2n) is 6.67. The van der Waals surface area contributed by atoms with Crippen molar-refractivity contribution < 1.29 is 4.39 Å². The standard InChI is InChI=1S/C17H24BrFN2/c18-15-7-3-6-14(16(15)19)17(21-20)13-9-8-11-4-1-2-5-12(11)10-13/h3,6-7,11-13,17,21H,1-2,4-5,8-10,20H2. The summed E-state index contributed by atoms with van der Waals surface area (Å²) in [7, 11) is 0. The first-order valence-corrected chi connectivity index (χ1v) is 8.90. The Morgan fingerprint density at radius 3 is 2.67 bits per heavy atom. The van der Waals surface area contributed by atoms with Crippen LogP contribution >= 0.6 is 15.9 Å². The van der Waals surface area contributed by atoms with E-state index in [1.165, 1.54) is 38.5 Å². The van der Waals surface area contributed by atoms with Gasteiger partial charge in [0.25, 0.3) is 0 Å². The first-order chi connectivity index (χ1) is 10.2. The van der Waals surface area contributed by atoms with Gasteiger partial charge in [0.15, 0.2) is 0 Å². The largest absolute Gasteiger partial charge is 0.271 e. The van der Waals surface area contributed by atoms with Crippen LogP contribution in [0.25, 0.3) is 0 Å². The fourth-order valence-electron chi connectivity index (χ4n) is 4.45. The molecule has 0 radical (unpaired) electrons. The van der Waals surface area contributed by atoms with Crippen LogP contribution in [0.5, 0.6) is 0 Å². The molecule has 0 saturated heterocycles. The molecule has 2 nitrogen and oxygen atoms in total. The van der Waals surface area contributed by atoms with Gasteiger partial charge in [-0.3, -0.25) is 11.3 Å². The van der Waals surface area contributed by atoms with E-state index >= 15 is 0 Å². The second kappa shape index (κ2) is 6.76. The number of rotatable bonds is 3. The van der Waals surface area contributed by atoms with Crippen molar-refractivity contribution in [3.63, 3.8) is 0 Å². The van der Waals surface area contributed by atoms with Crippen molar-refractivity contribution in [2.75, 3.05) is 0 Å². The van der Waals surface area contributed by atoms with Gasteiger partial charge in [-0.2, -0.15) is 0 Å². The minimum atomic E-state index is -0.175. The van der Waals surface area contributed by atoms with Crippen LogP contribution in [0.4, 0.5) is 4.39 Å². The van der Waals surface area contributed by atoms with Crippen molar-refractivity contribution in [2.45, 2.75) is 51.0 Å². The molecule has 2 aliphatic carbocycles. The molecule has 21 heavy (non-hydrogen) atoms. The first-order valence-electron chi connectivity index (χ1n) is 8.10. The van der Waals surface area contributed by atoms with Gasteiger partial charge in [0, 0.05) is 5.56 Å². The monoisotopic (exact) mass is 354 g/mol. The molecule has 0 bridgehead atoms. The molecule has 3 rings (SSSR count). The van der Waals surface area contributed by atoms with Crippen molar-refractivity contribution in [3.05, 3.63) is 34.1 Å². The Balaban J connectivity index is 1.78. The van der Waals surface area contributed by atoms with E-state index in [2.05, 4.69) is 21.4 Å². The molecule has 0 heterocycles. The molecule has 0 aliphatic heterocycles. The van der Waals surface area contributed by atoms with Gasteiger partial charge in [-0.15, -0.1) is 0 Å². The van der Waals surface area contributed by atoms with E-state index in [-0.39, 0.29) is 11.9 Å². The minimum absolute atomic E-state index is 0.0784. The highest BCUT2D eigenvalue weighted by Crippen LogP contribution is 2.46. The van der Waals surface area contributed by atoms with Crippen molar-refractivity contribution in [1.82, 2.24) is 5.43 Å². The van der Waals surface area contributed by atoms with Gasteiger partial charge in [0.2, 0.25) is 0 Å². The molecule has 0 amide bonds. The van der Waals surface area contributed by atoms with Gasteiger partial charge in [-0.1, -0.05) is 37.8 Å². The second-order valence-corrected chi connectivity index (χ2v) is 7.52. The van der Waals surface area contributed by atoms with Crippen LogP contribution in [0.15, 0.2) is 22.7 Å². The molecule has 3 N–H and O–H groups in total. The van der Waals surface area contributed by atoms with E-state index in [4.69, 9.17) is 5.84 Å². The van der Waals surface area contributed by atoms with Crippen molar-refractivity contribution >= 4 is 15.9 Å². The summed E-state index contributed by atoms with van der Waals surface area (Å²) in [6, 6.07) is 5.41. The van der Waals surface area contributed by atoms with Crippen LogP contribution in [-0.4, -0.2) is 0 Å². The average Bonchev–Trinajstić information content (AvgIpc) is 2.52. The van der Waals surface area contributed by atoms with Gasteiger partial charge < -0.3 is 0 Å². The molecule has 1 aromatic rings. The lowest BCUT2D eigenvalue weighted by Gasteiger charge is -2.42. The van der Waals surface area contributed by atoms with E-state index in [9.17, 15) is 4.39 Å². The molecular weight excluding hydrogens is 331 g/mol. The van der Waals surface area contributed by atoms with Gasteiger partial charge in [0.05, 0.1) is 10.5 Å². The quantitative estimate of drug-likeness (QED) is 0.609. The zero-order valence-corrected chi connectivity index (χ0v) is 13.9. The summed E-state index contributed by atoms with van der Waals surface area (Å²) in [6.45, 7) is 0. The highest BCUT2D eigenvalue weighted by Gasteiger charge is 2.36. The molecule has 4 unspecified atom stereocenters. The number of hydrazine groups is 1. The summed E-state index contributed by atoms with van der Waals surface area (Å²) in [6.07, 6.45) is 9.11. The normalized spacial score (nSPS) is 30.7. The van der Waals surface area contributed by atoms with Crippen LogP contribution in [-0.2, 0) is 0 Å².